The molecule has 0 saturated carbocycles. The molecule has 0 radical (unpaired) electrons. The largest absolute Gasteiger partial charge is 0.462 e. The molecule has 0 saturated heterocycles. The summed E-state index contributed by atoms with van der Waals surface area (Å²) in [5.41, 5.74) is 0.814. The molecule has 0 aliphatic carbocycles. The molecule has 10 heteroatoms. The van der Waals surface area contributed by atoms with Gasteiger partial charge < -0.3 is 10.1 Å². The standard InChI is InChI=1S/C16H18ClN3O5S/c1-3-25-16(22)14-9-20(26(23,24)19-11(14)2)10-15(21)18-8-12-4-6-13(17)7-5-12/h4-7,9H,3,8,10H2,1-2H3,(H,18,21). The van der Waals surface area contributed by atoms with Crippen molar-refractivity contribution in [1.29, 1.82) is 0 Å². The van der Waals surface area contributed by atoms with E-state index >= 15 is 0 Å². The first-order valence-corrected chi connectivity index (χ1v) is 9.49. The fourth-order valence-electron chi connectivity index (χ4n) is 2.12. The first kappa shape index (κ1) is 19.9. The van der Waals surface area contributed by atoms with E-state index in [9.17, 15) is 18.0 Å². The molecule has 2 rings (SSSR count). The van der Waals surface area contributed by atoms with E-state index in [2.05, 4.69) is 9.71 Å². The topological polar surface area (TPSA) is 105 Å². The number of esters is 1. The van der Waals surface area contributed by atoms with Gasteiger partial charge in [0.15, 0.2) is 0 Å². The van der Waals surface area contributed by atoms with Crippen molar-refractivity contribution in [2.24, 2.45) is 4.40 Å². The van der Waals surface area contributed by atoms with Gasteiger partial charge in [0.1, 0.15) is 6.54 Å². The second-order valence-corrected chi connectivity index (χ2v) is 7.35. The summed E-state index contributed by atoms with van der Waals surface area (Å²) in [6.45, 7) is 2.86. The molecule has 1 heterocycles. The molecule has 0 atom stereocenters. The Hall–Kier alpha value is -2.39. The van der Waals surface area contributed by atoms with Crippen LogP contribution in [0.1, 0.15) is 19.4 Å². The van der Waals surface area contributed by atoms with Crippen LogP contribution < -0.4 is 5.32 Å². The van der Waals surface area contributed by atoms with E-state index in [1.807, 2.05) is 0 Å². The van der Waals surface area contributed by atoms with Gasteiger partial charge in [-0.2, -0.15) is 8.42 Å². The molecule has 0 aromatic heterocycles. The van der Waals surface area contributed by atoms with Gasteiger partial charge in [0.05, 0.1) is 17.9 Å². The van der Waals surface area contributed by atoms with Crippen LogP contribution in [0.4, 0.5) is 0 Å². The third-order valence-electron chi connectivity index (χ3n) is 3.41. The van der Waals surface area contributed by atoms with Crippen LogP contribution in [0.3, 0.4) is 0 Å². The van der Waals surface area contributed by atoms with Crippen LogP contribution in [0.25, 0.3) is 0 Å². The van der Waals surface area contributed by atoms with Gasteiger partial charge in [-0.15, -0.1) is 4.40 Å². The summed E-state index contributed by atoms with van der Waals surface area (Å²) < 4.78 is 33.3. The van der Waals surface area contributed by atoms with E-state index in [-0.39, 0.29) is 24.4 Å². The predicted octanol–water partition coefficient (Wildman–Crippen LogP) is 1.42. The van der Waals surface area contributed by atoms with Crippen molar-refractivity contribution in [2.75, 3.05) is 13.2 Å². The highest BCUT2D eigenvalue weighted by atomic mass is 35.5. The van der Waals surface area contributed by atoms with Crippen LogP contribution >= 0.6 is 11.6 Å². The summed E-state index contributed by atoms with van der Waals surface area (Å²) in [7, 11) is -4.08. The zero-order chi connectivity index (χ0) is 19.3. The fraction of sp³-hybridized carbons (Fsp3) is 0.312. The molecular weight excluding hydrogens is 382 g/mol. The second-order valence-electron chi connectivity index (χ2n) is 5.37. The maximum absolute atomic E-state index is 12.1. The third-order valence-corrected chi connectivity index (χ3v) is 4.99. The number of amides is 1. The Morgan fingerprint density at radius 1 is 1.27 bits per heavy atom. The van der Waals surface area contributed by atoms with Gasteiger partial charge in [-0.1, -0.05) is 23.7 Å². The van der Waals surface area contributed by atoms with Crippen LogP contribution in [0.5, 0.6) is 0 Å². The average molecular weight is 400 g/mol. The monoisotopic (exact) mass is 399 g/mol. The van der Waals surface area contributed by atoms with Gasteiger partial charge >= 0.3 is 16.2 Å². The molecule has 26 heavy (non-hydrogen) atoms. The lowest BCUT2D eigenvalue weighted by Gasteiger charge is -2.22. The molecular formula is C16H18ClN3O5S. The molecule has 1 aliphatic heterocycles. The van der Waals surface area contributed by atoms with E-state index in [0.717, 1.165) is 11.8 Å². The summed E-state index contributed by atoms with van der Waals surface area (Å²) >= 11 is 5.79. The van der Waals surface area contributed by atoms with Crippen molar-refractivity contribution in [3.8, 4) is 0 Å². The van der Waals surface area contributed by atoms with Gasteiger partial charge in [0, 0.05) is 17.8 Å². The normalized spacial score (nSPS) is 15.7. The molecule has 1 aromatic rings. The first-order chi connectivity index (χ1) is 12.2. The molecule has 0 unspecified atom stereocenters. The van der Waals surface area contributed by atoms with Crippen LogP contribution in [0.2, 0.25) is 5.02 Å². The summed E-state index contributed by atoms with van der Waals surface area (Å²) in [5, 5.41) is 3.18. The molecule has 140 valence electrons. The maximum Gasteiger partial charge on any atom is 0.344 e. The number of rotatable bonds is 6. The summed E-state index contributed by atoms with van der Waals surface area (Å²) in [5.74, 6) is -1.24. The molecule has 1 amide bonds. The van der Waals surface area contributed by atoms with Crippen LogP contribution in [-0.2, 0) is 31.1 Å². The highest BCUT2D eigenvalue weighted by Crippen LogP contribution is 2.17. The van der Waals surface area contributed by atoms with E-state index in [1.165, 1.54) is 6.92 Å². The third kappa shape index (κ3) is 5.06. The lowest BCUT2D eigenvalue weighted by atomic mass is 10.2. The average Bonchev–Trinajstić information content (AvgIpc) is 2.56. The fourth-order valence-corrected chi connectivity index (χ4v) is 3.31. The van der Waals surface area contributed by atoms with E-state index < -0.39 is 28.6 Å². The van der Waals surface area contributed by atoms with E-state index in [4.69, 9.17) is 16.3 Å². The van der Waals surface area contributed by atoms with Crippen molar-refractivity contribution in [2.45, 2.75) is 20.4 Å². The van der Waals surface area contributed by atoms with Crippen molar-refractivity contribution >= 4 is 39.4 Å². The number of nitrogens with zero attached hydrogens (tertiary/aromatic N) is 2. The minimum atomic E-state index is -4.08. The zero-order valence-corrected chi connectivity index (χ0v) is 15.8. The number of carbonyl (C=O) groups excluding carboxylic acids is 2. The molecule has 8 nitrogen and oxygen atoms in total. The number of ether oxygens (including phenoxy) is 1. The number of halogens is 1. The molecule has 0 spiro atoms. The minimum absolute atomic E-state index is 0.00724. The Morgan fingerprint density at radius 3 is 2.54 bits per heavy atom. The van der Waals surface area contributed by atoms with E-state index in [1.54, 1.807) is 31.2 Å². The maximum atomic E-state index is 12.1. The quantitative estimate of drug-likeness (QED) is 0.728. The Morgan fingerprint density at radius 2 is 1.92 bits per heavy atom. The Kier molecular flexibility index (Phi) is 6.38. The molecule has 0 bridgehead atoms. The van der Waals surface area contributed by atoms with Gasteiger partial charge in [-0.05, 0) is 31.5 Å². The summed E-state index contributed by atoms with van der Waals surface area (Å²) in [6, 6.07) is 6.85. The van der Waals surface area contributed by atoms with Gasteiger partial charge in [-0.25, -0.2) is 9.10 Å². The number of nitrogens with one attached hydrogen (secondary N) is 1. The summed E-state index contributed by atoms with van der Waals surface area (Å²) in [4.78, 5) is 24.0. The molecule has 1 aliphatic rings. The van der Waals surface area contributed by atoms with Crippen molar-refractivity contribution in [1.82, 2.24) is 9.62 Å². The van der Waals surface area contributed by atoms with Gasteiger partial charge in [-0.3, -0.25) is 4.79 Å². The minimum Gasteiger partial charge on any atom is -0.462 e. The van der Waals surface area contributed by atoms with Gasteiger partial charge in [0.2, 0.25) is 5.91 Å². The van der Waals surface area contributed by atoms with E-state index in [0.29, 0.717) is 9.33 Å². The number of hydrogen-bond donors (Lipinski definition) is 1. The highest BCUT2D eigenvalue weighted by molar-refractivity contribution is 7.88. The van der Waals surface area contributed by atoms with Crippen molar-refractivity contribution in [3.05, 3.63) is 46.6 Å². The molecule has 0 fully saturated rings. The Labute approximate surface area is 156 Å². The Bertz CT molecular complexity index is 862. The number of hydrogen-bond acceptors (Lipinski definition) is 5. The molecule has 1 N–H and O–H groups in total. The number of benzene rings is 1. The first-order valence-electron chi connectivity index (χ1n) is 7.71. The van der Waals surface area contributed by atoms with Crippen LogP contribution in [0, 0.1) is 0 Å². The lowest BCUT2D eigenvalue weighted by molar-refractivity contribution is -0.138. The van der Waals surface area contributed by atoms with Crippen LogP contribution in [0.15, 0.2) is 40.4 Å². The highest BCUT2D eigenvalue weighted by Gasteiger charge is 2.30. The smallest absolute Gasteiger partial charge is 0.344 e. The summed E-state index contributed by atoms with van der Waals surface area (Å²) in [6.07, 6.45) is 1.07. The second kappa shape index (κ2) is 8.33. The van der Waals surface area contributed by atoms with Crippen LogP contribution in [-0.4, -0.2) is 43.5 Å². The number of carbonyl (C=O) groups is 2. The Balaban J connectivity index is 2.06. The lowest BCUT2D eigenvalue weighted by Crippen LogP contribution is -2.39. The SMILES string of the molecule is CCOC(=O)C1=CN(CC(=O)NCc2ccc(Cl)cc2)S(=O)(=O)N=C1C. The van der Waals surface area contributed by atoms with Gasteiger partial charge in [0.25, 0.3) is 0 Å². The molecule has 1 aromatic carbocycles. The van der Waals surface area contributed by atoms with Crippen molar-refractivity contribution < 1.29 is 22.7 Å². The van der Waals surface area contributed by atoms with Crippen molar-refractivity contribution in [3.63, 3.8) is 0 Å². The predicted molar refractivity (Wildman–Crippen MR) is 96.7 cm³/mol. The zero-order valence-electron chi connectivity index (χ0n) is 14.2.